The van der Waals surface area contributed by atoms with Crippen molar-refractivity contribution in [2.75, 3.05) is 18.2 Å². The molecule has 7 heteroatoms. The van der Waals surface area contributed by atoms with E-state index in [0.717, 1.165) is 11.1 Å². The number of hydrogen-bond acceptors (Lipinski definition) is 6. The van der Waals surface area contributed by atoms with Crippen LogP contribution in [0.1, 0.15) is 36.8 Å². The van der Waals surface area contributed by atoms with Crippen molar-refractivity contribution in [3.05, 3.63) is 65.2 Å². The van der Waals surface area contributed by atoms with Crippen LogP contribution in [0.5, 0.6) is 0 Å². The van der Waals surface area contributed by atoms with Gasteiger partial charge in [0.05, 0.1) is 25.4 Å². The summed E-state index contributed by atoms with van der Waals surface area (Å²) in [7, 11) is 0. The Kier molecular flexibility index (Phi) is 6.51. The predicted octanol–water partition coefficient (Wildman–Crippen LogP) is 3.16. The SMILES string of the molecule is CCOC(=O)C(C(=O)OCC)N1C([O])c2ccccc2N1Cc1ccc(C)cc1. The van der Waals surface area contributed by atoms with E-state index < -0.39 is 24.2 Å². The number of hydrogen-bond donors (Lipinski definition) is 0. The minimum Gasteiger partial charge on any atom is -0.464 e. The molecule has 29 heavy (non-hydrogen) atoms. The zero-order valence-corrected chi connectivity index (χ0v) is 16.8. The van der Waals surface area contributed by atoms with E-state index in [9.17, 15) is 14.7 Å². The molecule has 3 rings (SSSR count). The lowest BCUT2D eigenvalue weighted by Crippen LogP contribution is -2.54. The van der Waals surface area contributed by atoms with Crippen LogP contribution in [0.25, 0.3) is 0 Å². The summed E-state index contributed by atoms with van der Waals surface area (Å²) in [4.78, 5) is 25.3. The molecule has 0 aliphatic carbocycles. The van der Waals surface area contributed by atoms with Crippen molar-refractivity contribution in [1.29, 1.82) is 0 Å². The molecule has 1 aliphatic rings. The minimum absolute atomic E-state index is 0.0943. The van der Waals surface area contributed by atoms with E-state index in [2.05, 4.69) is 0 Å². The Morgan fingerprint density at radius 1 is 0.966 bits per heavy atom. The second kappa shape index (κ2) is 9.07. The number of carbonyl (C=O) groups excluding carboxylic acids is 2. The van der Waals surface area contributed by atoms with Crippen molar-refractivity contribution in [2.45, 2.75) is 39.6 Å². The summed E-state index contributed by atoms with van der Waals surface area (Å²) >= 11 is 0. The molecule has 0 saturated carbocycles. The van der Waals surface area contributed by atoms with E-state index in [1.807, 2.05) is 43.3 Å². The number of para-hydroxylation sites is 1. The van der Waals surface area contributed by atoms with Crippen LogP contribution < -0.4 is 5.01 Å². The zero-order valence-electron chi connectivity index (χ0n) is 16.8. The van der Waals surface area contributed by atoms with Crippen molar-refractivity contribution < 1.29 is 24.2 Å². The lowest BCUT2D eigenvalue weighted by atomic mass is 10.1. The summed E-state index contributed by atoms with van der Waals surface area (Å²) in [6.07, 6.45) is -1.43. The highest BCUT2D eigenvalue weighted by Crippen LogP contribution is 2.41. The first kappa shape index (κ1) is 20.8. The standard InChI is InChI=1S/C22H25N2O5/c1-4-28-21(26)19(22(27)29-5-2)24-20(25)17-8-6-7-9-18(17)23(24)14-16-12-10-15(3)11-13-16/h6-13,19-20H,4-5,14H2,1-3H3. The van der Waals surface area contributed by atoms with Gasteiger partial charge in [-0.05, 0) is 32.4 Å². The van der Waals surface area contributed by atoms with Crippen LogP contribution in [0.15, 0.2) is 48.5 Å². The van der Waals surface area contributed by atoms with Crippen molar-refractivity contribution in [1.82, 2.24) is 5.01 Å². The van der Waals surface area contributed by atoms with E-state index in [4.69, 9.17) is 9.47 Å². The van der Waals surface area contributed by atoms with Crippen molar-refractivity contribution >= 4 is 17.6 Å². The fourth-order valence-electron chi connectivity index (χ4n) is 3.39. The van der Waals surface area contributed by atoms with E-state index in [1.165, 1.54) is 5.01 Å². The third-order valence-corrected chi connectivity index (χ3v) is 4.74. The molecule has 7 nitrogen and oxygen atoms in total. The first-order valence-electron chi connectivity index (χ1n) is 9.67. The summed E-state index contributed by atoms with van der Waals surface area (Å²) in [5.74, 6) is -1.60. The summed E-state index contributed by atoms with van der Waals surface area (Å²) in [6.45, 7) is 5.81. The lowest BCUT2D eigenvalue weighted by Gasteiger charge is -2.35. The second-order valence-electron chi connectivity index (χ2n) is 6.74. The first-order chi connectivity index (χ1) is 14.0. The molecule has 0 fully saturated rings. The van der Waals surface area contributed by atoms with Gasteiger partial charge in [-0.15, -0.1) is 0 Å². The fraction of sp³-hybridized carbons (Fsp3) is 0.364. The third kappa shape index (κ3) is 4.26. The van der Waals surface area contributed by atoms with Gasteiger partial charge in [-0.3, -0.25) is 5.01 Å². The van der Waals surface area contributed by atoms with Crippen LogP contribution >= 0.6 is 0 Å². The van der Waals surface area contributed by atoms with Gasteiger partial charge >= 0.3 is 11.9 Å². The molecule has 0 aromatic heterocycles. The van der Waals surface area contributed by atoms with Crippen LogP contribution in [0, 0.1) is 6.92 Å². The van der Waals surface area contributed by atoms with Gasteiger partial charge in [0.2, 0.25) is 6.04 Å². The van der Waals surface area contributed by atoms with E-state index in [0.29, 0.717) is 17.8 Å². The highest BCUT2D eigenvalue weighted by atomic mass is 16.6. The number of aryl methyl sites for hydroxylation is 1. The number of ether oxygens (including phenoxy) is 2. The number of hydrazine groups is 1. The topological polar surface area (TPSA) is 79.0 Å². The Balaban J connectivity index is 2.03. The molecule has 153 valence electrons. The number of fused-ring (bicyclic) bond motifs is 1. The third-order valence-electron chi connectivity index (χ3n) is 4.74. The lowest BCUT2D eigenvalue weighted by molar-refractivity contribution is -0.173. The van der Waals surface area contributed by atoms with Gasteiger partial charge in [-0.25, -0.2) is 14.7 Å². The van der Waals surface area contributed by atoms with Crippen molar-refractivity contribution in [3.8, 4) is 0 Å². The van der Waals surface area contributed by atoms with Gasteiger partial charge in [0, 0.05) is 5.56 Å². The van der Waals surface area contributed by atoms with Gasteiger partial charge in [0.1, 0.15) is 0 Å². The molecule has 1 atom stereocenters. The number of esters is 2. The largest absolute Gasteiger partial charge is 0.464 e. The maximum atomic E-state index is 13.3. The molecule has 1 radical (unpaired) electrons. The highest BCUT2D eigenvalue weighted by Gasteiger charge is 2.48. The van der Waals surface area contributed by atoms with E-state index in [1.54, 1.807) is 31.0 Å². The van der Waals surface area contributed by atoms with Gasteiger partial charge < -0.3 is 9.47 Å². The average Bonchev–Trinajstić information content (AvgIpc) is 2.97. The van der Waals surface area contributed by atoms with Crippen LogP contribution in [0.3, 0.4) is 0 Å². The number of carbonyl (C=O) groups is 2. The van der Waals surface area contributed by atoms with Crippen molar-refractivity contribution in [2.24, 2.45) is 0 Å². The van der Waals surface area contributed by atoms with Gasteiger partial charge in [-0.1, -0.05) is 48.0 Å². The van der Waals surface area contributed by atoms with Gasteiger partial charge in [-0.2, -0.15) is 5.01 Å². The Bertz CT molecular complexity index is 850. The fourth-order valence-corrected chi connectivity index (χ4v) is 3.39. The Morgan fingerprint density at radius 2 is 1.55 bits per heavy atom. The highest BCUT2D eigenvalue weighted by molar-refractivity contribution is 5.99. The second-order valence-corrected chi connectivity index (χ2v) is 6.74. The summed E-state index contributed by atoms with van der Waals surface area (Å²) in [6, 6.07) is 13.5. The number of benzene rings is 2. The number of anilines is 1. The molecule has 0 bridgehead atoms. The average molecular weight is 397 g/mol. The molecular formula is C22H25N2O5. The van der Waals surface area contributed by atoms with Gasteiger partial charge in [0.25, 0.3) is 0 Å². The van der Waals surface area contributed by atoms with Crippen LogP contribution in [-0.2, 0) is 30.7 Å². The molecule has 1 heterocycles. The number of rotatable bonds is 7. The maximum Gasteiger partial charge on any atom is 0.337 e. The maximum absolute atomic E-state index is 13.3. The molecule has 0 N–H and O–H groups in total. The molecular weight excluding hydrogens is 372 g/mol. The number of nitrogens with zero attached hydrogens (tertiary/aromatic N) is 2. The van der Waals surface area contributed by atoms with Gasteiger partial charge in [0.15, 0.2) is 6.23 Å². The van der Waals surface area contributed by atoms with Crippen molar-refractivity contribution in [3.63, 3.8) is 0 Å². The Morgan fingerprint density at radius 3 is 2.14 bits per heavy atom. The minimum atomic E-state index is -1.48. The normalized spacial score (nSPS) is 16.0. The smallest absolute Gasteiger partial charge is 0.337 e. The summed E-state index contributed by atoms with van der Waals surface area (Å²) in [5, 5.41) is 16.2. The monoisotopic (exact) mass is 397 g/mol. The molecule has 0 spiro atoms. The Hall–Kier alpha value is -2.90. The molecule has 0 amide bonds. The van der Waals surface area contributed by atoms with E-state index >= 15 is 0 Å². The zero-order chi connectivity index (χ0) is 21.0. The molecule has 1 unspecified atom stereocenters. The van der Waals surface area contributed by atoms with Crippen LogP contribution in [-0.4, -0.2) is 36.2 Å². The Labute approximate surface area is 170 Å². The summed E-state index contributed by atoms with van der Waals surface area (Å²) < 4.78 is 10.2. The molecule has 0 saturated heterocycles. The molecule has 2 aromatic carbocycles. The molecule has 2 aromatic rings. The summed E-state index contributed by atoms with van der Waals surface area (Å²) in [5.41, 5.74) is 3.21. The van der Waals surface area contributed by atoms with E-state index in [-0.39, 0.29) is 13.2 Å². The first-order valence-corrected chi connectivity index (χ1v) is 9.67. The molecule has 1 aliphatic heterocycles. The van der Waals surface area contributed by atoms with Crippen LogP contribution in [0.2, 0.25) is 0 Å². The van der Waals surface area contributed by atoms with Crippen LogP contribution in [0.4, 0.5) is 5.69 Å². The quantitative estimate of drug-likeness (QED) is 0.528. The predicted molar refractivity (Wildman–Crippen MR) is 106 cm³/mol.